The van der Waals surface area contributed by atoms with Crippen molar-refractivity contribution in [3.8, 4) is 5.69 Å². The van der Waals surface area contributed by atoms with Gasteiger partial charge in [-0.15, -0.1) is 12.4 Å². The molecule has 114 valence electrons. The summed E-state index contributed by atoms with van der Waals surface area (Å²) in [7, 11) is 2.06. The number of likely N-dealkylation sites (tertiary alicyclic amines) is 1. The fraction of sp³-hybridized carbons (Fsp3) is 0.438. The summed E-state index contributed by atoms with van der Waals surface area (Å²) in [4.78, 5) is 2.52. The number of nitrogens with one attached hydrogen (secondary N) is 1. The fourth-order valence-corrected chi connectivity index (χ4v) is 2.92. The Labute approximate surface area is 132 Å². The SMILES string of the molecule is CNC1CCCN(Cc2ccnn2-c2ccccc2)C1.Cl. The van der Waals surface area contributed by atoms with Crippen LogP contribution in [0.15, 0.2) is 42.6 Å². The van der Waals surface area contributed by atoms with Gasteiger partial charge in [-0.1, -0.05) is 18.2 Å². The molecule has 2 aromatic rings. The lowest BCUT2D eigenvalue weighted by atomic mass is 10.1. The molecule has 4 nitrogen and oxygen atoms in total. The van der Waals surface area contributed by atoms with Gasteiger partial charge in [0.2, 0.25) is 0 Å². The maximum atomic E-state index is 4.47. The molecule has 5 heteroatoms. The van der Waals surface area contributed by atoms with Crippen LogP contribution in [0, 0.1) is 0 Å². The molecule has 1 N–H and O–H groups in total. The smallest absolute Gasteiger partial charge is 0.0649 e. The van der Waals surface area contributed by atoms with Crippen molar-refractivity contribution in [2.75, 3.05) is 20.1 Å². The van der Waals surface area contributed by atoms with Gasteiger partial charge in [0.25, 0.3) is 0 Å². The van der Waals surface area contributed by atoms with Gasteiger partial charge in [-0.25, -0.2) is 4.68 Å². The van der Waals surface area contributed by atoms with E-state index in [1.165, 1.54) is 25.1 Å². The zero-order chi connectivity index (χ0) is 13.8. The third-order valence-corrected chi connectivity index (χ3v) is 4.02. The van der Waals surface area contributed by atoms with E-state index in [1.807, 2.05) is 16.9 Å². The first-order valence-electron chi connectivity index (χ1n) is 7.35. The zero-order valence-corrected chi connectivity index (χ0v) is 13.2. The Bertz CT molecular complexity index is 540. The first-order valence-corrected chi connectivity index (χ1v) is 7.35. The molecule has 0 amide bonds. The second-order valence-corrected chi connectivity index (χ2v) is 5.43. The van der Waals surface area contributed by atoms with Gasteiger partial charge in [0, 0.05) is 25.3 Å². The summed E-state index contributed by atoms with van der Waals surface area (Å²) < 4.78 is 2.04. The van der Waals surface area contributed by atoms with Crippen LogP contribution in [-0.4, -0.2) is 40.9 Å². The molecule has 0 bridgehead atoms. The van der Waals surface area contributed by atoms with Gasteiger partial charge in [0.1, 0.15) is 0 Å². The second-order valence-electron chi connectivity index (χ2n) is 5.43. The van der Waals surface area contributed by atoms with Gasteiger partial charge in [-0.05, 0) is 44.6 Å². The van der Waals surface area contributed by atoms with Gasteiger partial charge >= 0.3 is 0 Å². The molecule has 3 rings (SSSR count). The van der Waals surface area contributed by atoms with Gasteiger partial charge in [0.05, 0.1) is 11.4 Å². The molecule has 1 aromatic carbocycles. The largest absolute Gasteiger partial charge is 0.316 e. The summed E-state index contributed by atoms with van der Waals surface area (Å²) in [5.74, 6) is 0. The molecule has 1 saturated heterocycles. The molecule has 1 unspecified atom stereocenters. The van der Waals surface area contributed by atoms with Crippen LogP contribution in [0.5, 0.6) is 0 Å². The van der Waals surface area contributed by atoms with E-state index >= 15 is 0 Å². The number of halogens is 1. The molecule has 0 saturated carbocycles. The van der Waals surface area contributed by atoms with Crippen LogP contribution in [0.25, 0.3) is 5.69 Å². The van der Waals surface area contributed by atoms with Gasteiger partial charge in [-0.2, -0.15) is 5.10 Å². The monoisotopic (exact) mass is 306 g/mol. The average Bonchev–Trinajstić information content (AvgIpc) is 2.96. The Balaban J connectivity index is 0.00000161. The van der Waals surface area contributed by atoms with E-state index in [4.69, 9.17) is 0 Å². The first kappa shape index (κ1) is 16.0. The predicted molar refractivity (Wildman–Crippen MR) is 88.2 cm³/mol. The Morgan fingerprint density at radius 1 is 1.24 bits per heavy atom. The molecule has 1 aliphatic heterocycles. The van der Waals surface area contributed by atoms with Crippen molar-refractivity contribution in [3.63, 3.8) is 0 Å². The highest BCUT2D eigenvalue weighted by Crippen LogP contribution is 2.16. The highest BCUT2D eigenvalue weighted by Gasteiger charge is 2.19. The minimum atomic E-state index is 0. The van der Waals surface area contributed by atoms with E-state index < -0.39 is 0 Å². The summed E-state index contributed by atoms with van der Waals surface area (Å²) in [6.07, 6.45) is 4.44. The van der Waals surface area contributed by atoms with E-state index in [1.54, 1.807) is 0 Å². The van der Waals surface area contributed by atoms with E-state index in [0.717, 1.165) is 18.8 Å². The predicted octanol–water partition coefficient (Wildman–Crippen LogP) is 2.48. The molecule has 0 radical (unpaired) electrons. The molecular weight excluding hydrogens is 284 g/mol. The van der Waals surface area contributed by atoms with Crippen molar-refractivity contribution in [1.82, 2.24) is 20.0 Å². The Morgan fingerprint density at radius 2 is 2.05 bits per heavy atom. The maximum Gasteiger partial charge on any atom is 0.0649 e. The third kappa shape index (κ3) is 3.84. The molecule has 1 fully saturated rings. The fourth-order valence-electron chi connectivity index (χ4n) is 2.92. The van der Waals surface area contributed by atoms with Gasteiger partial charge in [-0.3, -0.25) is 4.90 Å². The van der Waals surface area contributed by atoms with Crippen LogP contribution < -0.4 is 5.32 Å². The standard InChI is InChI=1S/C16H22N4.ClH/c1-17-14-6-5-11-19(12-14)13-16-9-10-18-20(16)15-7-3-2-4-8-15;/h2-4,7-10,14,17H,5-6,11-13H2,1H3;1H. The van der Waals surface area contributed by atoms with Crippen LogP contribution in [0.3, 0.4) is 0 Å². The number of para-hydroxylation sites is 1. The molecular formula is C16H23ClN4. The van der Waals surface area contributed by atoms with Crippen molar-refractivity contribution in [2.24, 2.45) is 0 Å². The second kappa shape index (κ2) is 7.59. The van der Waals surface area contributed by atoms with Crippen molar-refractivity contribution in [2.45, 2.75) is 25.4 Å². The maximum absolute atomic E-state index is 4.47. The van der Waals surface area contributed by atoms with Crippen LogP contribution in [0.1, 0.15) is 18.5 Å². The topological polar surface area (TPSA) is 33.1 Å². The number of nitrogens with zero attached hydrogens (tertiary/aromatic N) is 3. The number of hydrogen-bond acceptors (Lipinski definition) is 3. The zero-order valence-electron chi connectivity index (χ0n) is 12.4. The lowest BCUT2D eigenvalue weighted by Crippen LogP contribution is -2.44. The summed E-state index contributed by atoms with van der Waals surface area (Å²) in [6, 6.07) is 13.1. The number of likely N-dealkylation sites (N-methyl/N-ethyl adjacent to an activating group) is 1. The van der Waals surface area contributed by atoms with Crippen LogP contribution >= 0.6 is 12.4 Å². The number of piperidine rings is 1. The van der Waals surface area contributed by atoms with Crippen molar-refractivity contribution < 1.29 is 0 Å². The number of benzene rings is 1. The Kier molecular flexibility index (Phi) is 5.79. The quantitative estimate of drug-likeness (QED) is 0.942. The van der Waals surface area contributed by atoms with Crippen LogP contribution in [-0.2, 0) is 6.54 Å². The normalized spacial score (nSPS) is 19.2. The minimum absolute atomic E-state index is 0. The van der Waals surface area contributed by atoms with Crippen molar-refractivity contribution in [3.05, 3.63) is 48.3 Å². The Morgan fingerprint density at radius 3 is 2.81 bits per heavy atom. The van der Waals surface area contributed by atoms with Gasteiger partial charge < -0.3 is 5.32 Å². The lowest BCUT2D eigenvalue weighted by Gasteiger charge is -2.32. The molecule has 1 aliphatic rings. The van der Waals surface area contributed by atoms with E-state index in [-0.39, 0.29) is 12.4 Å². The molecule has 21 heavy (non-hydrogen) atoms. The minimum Gasteiger partial charge on any atom is -0.316 e. The van der Waals surface area contributed by atoms with Gasteiger partial charge in [0.15, 0.2) is 0 Å². The van der Waals surface area contributed by atoms with E-state index in [0.29, 0.717) is 6.04 Å². The van der Waals surface area contributed by atoms with E-state index in [9.17, 15) is 0 Å². The molecule has 0 aliphatic carbocycles. The molecule has 1 aromatic heterocycles. The first-order chi connectivity index (χ1) is 9.86. The summed E-state index contributed by atoms with van der Waals surface area (Å²) in [5, 5.41) is 7.86. The molecule has 2 heterocycles. The molecule has 1 atom stereocenters. The highest BCUT2D eigenvalue weighted by molar-refractivity contribution is 5.85. The lowest BCUT2D eigenvalue weighted by molar-refractivity contribution is 0.185. The van der Waals surface area contributed by atoms with Crippen molar-refractivity contribution in [1.29, 1.82) is 0 Å². The Hall–Kier alpha value is -1.36. The highest BCUT2D eigenvalue weighted by atomic mass is 35.5. The average molecular weight is 307 g/mol. The summed E-state index contributed by atoms with van der Waals surface area (Å²) in [5.41, 5.74) is 2.39. The summed E-state index contributed by atoms with van der Waals surface area (Å²) in [6.45, 7) is 3.27. The number of rotatable bonds is 4. The third-order valence-electron chi connectivity index (χ3n) is 4.02. The van der Waals surface area contributed by atoms with Crippen LogP contribution in [0.4, 0.5) is 0 Å². The number of aromatic nitrogens is 2. The molecule has 0 spiro atoms. The van der Waals surface area contributed by atoms with Crippen molar-refractivity contribution >= 4 is 12.4 Å². The van der Waals surface area contributed by atoms with Crippen LogP contribution in [0.2, 0.25) is 0 Å². The van der Waals surface area contributed by atoms with E-state index in [2.05, 4.69) is 52.7 Å². The summed E-state index contributed by atoms with van der Waals surface area (Å²) >= 11 is 0. The number of hydrogen-bond donors (Lipinski definition) is 1.